The number of rotatable bonds is 4. The van der Waals surface area contributed by atoms with Gasteiger partial charge in [0.1, 0.15) is 0 Å². The van der Waals surface area contributed by atoms with Crippen molar-refractivity contribution in [3.63, 3.8) is 0 Å². The molecule has 2 nitrogen and oxygen atoms in total. The molecule has 4 aliphatic carbocycles. The van der Waals surface area contributed by atoms with Crippen molar-refractivity contribution in [1.29, 1.82) is 0 Å². The van der Waals surface area contributed by atoms with Crippen LogP contribution in [0.15, 0.2) is 40.4 Å². The van der Waals surface area contributed by atoms with Gasteiger partial charge in [0.2, 0.25) is 0 Å². The molecule has 0 aliphatic heterocycles. The van der Waals surface area contributed by atoms with Crippen LogP contribution in [-0.2, 0) is 0 Å². The van der Waals surface area contributed by atoms with Gasteiger partial charge in [-0.25, -0.2) is 0 Å². The molecule has 4 rings (SSSR count). The Bertz CT molecular complexity index is 847. The van der Waals surface area contributed by atoms with Crippen LogP contribution in [0.2, 0.25) is 0 Å². The van der Waals surface area contributed by atoms with Gasteiger partial charge in [0.25, 0.3) is 0 Å². The van der Waals surface area contributed by atoms with Crippen molar-refractivity contribution >= 4 is 5.71 Å². The molecule has 0 amide bonds. The third-order valence-electron chi connectivity index (χ3n) is 10.5. The molecule has 4 aliphatic rings. The average molecular weight is 438 g/mol. The topological polar surface area (TPSA) is 32.6 Å². The highest BCUT2D eigenvalue weighted by molar-refractivity contribution is 6.05. The van der Waals surface area contributed by atoms with Crippen LogP contribution >= 0.6 is 0 Å². The number of aliphatic imine (C=N–C) groups is 1. The SMILES string of the molecule is C=C1C[C@H]2CC(O)CCC2(C)C2CCC3(C)C(=C12)C(=NC)CC3[C@H](C)/C=C/[C@H](C)C(C)C. The molecular formula is C30H47NO. The van der Waals surface area contributed by atoms with Gasteiger partial charge in [-0.3, -0.25) is 4.99 Å². The lowest BCUT2D eigenvalue weighted by atomic mass is 9.48. The summed E-state index contributed by atoms with van der Waals surface area (Å²) in [6, 6.07) is 0. The molecule has 0 aromatic heterocycles. The predicted molar refractivity (Wildman–Crippen MR) is 137 cm³/mol. The number of allylic oxidation sites excluding steroid dienone is 5. The number of nitrogens with zero attached hydrogens (tertiary/aromatic N) is 1. The molecule has 0 aromatic carbocycles. The molecule has 0 saturated heterocycles. The summed E-state index contributed by atoms with van der Waals surface area (Å²) in [5.41, 5.74) is 6.38. The van der Waals surface area contributed by atoms with Gasteiger partial charge in [0.15, 0.2) is 0 Å². The van der Waals surface area contributed by atoms with Crippen LogP contribution in [0.25, 0.3) is 0 Å². The van der Waals surface area contributed by atoms with Crippen molar-refractivity contribution in [1.82, 2.24) is 0 Å². The smallest absolute Gasteiger partial charge is 0.0543 e. The van der Waals surface area contributed by atoms with Gasteiger partial charge in [0.05, 0.1) is 6.10 Å². The lowest BCUT2D eigenvalue weighted by molar-refractivity contribution is -0.0275. The first-order chi connectivity index (χ1) is 15.0. The van der Waals surface area contributed by atoms with E-state index in [4.69, 9.17) is 4.99 Å². The van der Waals surface area contributed by atoms with Crippen LogP contribution in [0.4, 0.5) is 0 Å². The molecule has 3 saturated carbocycles. The molecule has 0 aromatic rings. The average Bonchev–Trinajstić information content (AvgIpc) is 3.05. The molecule has 8 atom stereocenters. The van der Waals surface area contributed by atoms with Gasteiger partial charge >= 0.3 is 0 Å². The fraction of sp³-hybridized carbons (Fsp3) is 0.767. The zero-order valence-electron chi connectivity index (χ0n) is 21.7. The number of hydrogen-bond donors (Lipinski definition) is 1. The summed E-state index contributed by atoms with van der Waals surface area (Å²) in [5.74, 6) is 3.65. The monoisotopic (exact) mass is 437 g/mol. The lowest BCUT2D eigenvalue weighted by Crippen LogP contribution is -2.49. The highest BCUT2D eigenvalue weighted by Crippen LogP contribution is 2.66. The van der Waals surface area contributed by atoms with E-state index in [2.05, 4.69) is 60.3 Å². The first-order valence-corrected chi connectivity index (χ1v) is 13.3. The molecule has 0 heterocycles. The Balaban J connectivity index is 1.73. The summed E-state index contributed by atoms with van der Waals surface area (Å²) in [7, 11) is 2.00. The Kier molecular flexibility index (Phi) is 6.42. The van der Waals surface area contributed by atoms with Crippen molar-refractivity contribution in [2.45, 2.75) is 92.6 Å². The maximum atomic E-state index is 10.4. The fourth-order valence-electron chi connectivity index (χ4n) is 7.93. The summed E-state index contributed by atoms with van der Waals surface area (Å²) in [6.45, 7) is 19.1. The maximum Gasteiger partial charge on any atom is 0.0543 e. The Morgan fingerprint density at radius 3 is 2.44 bits per heavy atom. The standard InChI is InChI=1S/C30H47NO/c1-18(2)19(3)9-10-20(4)25-17-26(31-8)28-27-21(5)15-22-16-23(32)11-13-29(22,6)24(27)12-14-30(25,28)7/h9-10,18-20,22-25,32H,5,11-17H2,1-4,6-8H3/b10-9+,31-26?/t19-,20+,22-,23?,24?,25?,29?,30?/m0/s1. The molecule has 2 heteroatoms. The quantitative estimate of drug-likeness (QED) is 0.457. The largest absolute Gasteiger partial charge is 0.393 e. The van der Waals surface area contributed by atoms with Gasteiger partial charge < -0.3 is 5.11 Å². The molecule has 0 spiro atoms. The van der Waals surface area contributed by atoms with Crippen molar-refractivity contribution in [3.05, 3.63) is 35.5 Å². The lowest BCUT2D eigenvalue weighted by Gasteiger charge is -2.57. The highest BCUT2D eigenvalue weighted by Gasteiger charge is 2.58. The molecule has 3 fully saturated rings. The third kappa shape index (κ3) is 3.69. The minimum atomic E-state index is -0.117. The van der Waals surface area contributed by atoms with E-state index in [9.17, 15) is 5.11 Å². The predicted octanol–water partition coefficient (Wildman–Crippen LogP) is 7.40. The Labute approximate surface area is 197 Å². The molecule has 5 unspecified atom stereocenters. The van der Waals surface area contributed by atoms with Crippen molar-refractivity contribution in [2.24, 2.45) is 51.3 Å². The number of aliphatic hydroxyl groups excluding tert-OH is 1. The number of hydrogen-bond acceptors (Lipinski definition) is 2. The molecule has 0 bridgehead atoms. The van der Waals surface area contributed by atoms with E-state index in [-0.39, 0.29) is 11.5 Å². The second-order valence-electron chi connectivity index (χ2n) is 12.6. The van der Waals surface area contributed by atoms with Gasteiger partial charge in [-0.05, 0) is 102 Å². The highest BCUT2D eigenvalue weighted by atomic mass is 16.3. The van der Waals surface area contributed by atoms with Gasteiger partial charge in [0, 0.05) is 12.8 Å². The van der Waals surface area contributed by atoms with E-state index in [0.717, 1.165) is 32.1 Å². The zero-order chi connectivity index (χ0) is 23.4. The van der Waals surface area contributed by atoms with E-state index in [1.54, 1.807) is 11.1 Å². The Morgan fingerprint density at radius 2 is 1.78 bits per heavy atom. The summed E-state index contributed by atoms with van der Waals surface area (Å²) in [5, 5.41) is 10.4. The minimum absolute atomic E-state index is 0.117. The molecule has 32 heavy (non-hydrogen) atoms. The van der Waals surface area contributed by atoms with Crippen LogP contribution < -0.4 is 0 Å². The number of aliphatic hydroxyl groups is 1. The van der Waals surface area contributed by atoms with Crippen molar-refractivity contribution in [2.75, 3.05) is 7.05 Å². The molecule has 0 radical (unpaired) electrons. The van der Waals surface area contributed by atoms with Gasteiger partial charge in [-0.1, -0.05) is 65.8 Å². The summed E-state index contributed by atoms with van der Waals surface area (Å²) in [4.78, 5) is 4.89. The van der Waals surface area contributed by atoms with E-state index in [0.29, 0.717) is 40.9 Å². The minimum Gasteiger partial charge on any atom is -0.393 e. The van der Waals surface area contributed by atoms with Gasteiger partial charge in [-0.15, -0.1) is 0 Å². The second-order valence-corrected chi connectivity index (χ2v) is 12.6. The summed E-state index contributed by atoms with van der Waals surface area (Å²) < 4.78 is 0. The van der Waals surface area contributed by atoms with E-state index >= 15 is 0 Å². The van der Waals surface area contributed by atoms with Gasteiger partial charge in [-0.2, -0.15) is 0 Å². The van der Waals surface area contributed by atoms with Crippen LogP contribution in [0.3, 0.4) is 0 Å². The summed E-state index contributed by atoms with van der Waals surface area (Å²) >= 11 is 0. The van der Waals surface area contributed by atoms with Crippen LogP contribution in [0.1, 0.15) is 86.5 Å². The summed E-state index contributed by atoms with van der Waals surface area (Å²) in [6.07, 6.45) is 12.6. The van der Waals surface area contributed by atoms with E-state index < -0.39 is 0 Å². The van der Waals surface area contributed by atoms with Crippen molar-refractivity contribution in [3.8, 4) is 0 Å². The Hall–Kier alpha value is -1.15. The first kappa shape index (κ1) is 24.0. The molecule has 1 N–H and O–H groups in total. The van der Waals surface area contributed by atoms with Crippen LogP contribution in [0.5, 0.6) is 0 Å². The second kappa shape index (κ2) is 8.57. The van der Waals surface area contributed by atoms with Crippen LogP contribution in [0, 0.1) is 46.3 Å². The normalized spacial score (nSPS) is 42.9. The molecule has 178 valence electrons. The molecular weight excluding hydrogens is 390 g/mol. The fourth-order valence-corrected chi connectivity index (χ4v) is 7.93. The first-order valence-electron chi connectivity index (χ1n) is 13.3. The zero-order valence-corrected chi connectivity index (χ0v) is 21.7. The number of fused-ring (bicyclic) bond motifs is 4. The van der Waals surface area contributed by atoms with E-state index in [1.807, 2.05) is 7.05 Å². The third-order valence-corrected chi connectivity index (χ3v) is 10.5. The Morgan fingerprint density at radius 1 is 1.06 bits per heavy atom. The van der Waals surface area contributed by atoms with Crippen molar-refractivity contribution < 1.29 is 5.11 Å². The maximum absolute atomic E-state index is 10.4. The van der Waals surface area contributed by atoms with Crippen LogP contribution in [-0.4, -0.2) is 24.0 Å². The van der Waals surface area contributed by atoms with E-state index in [1.165, 1.54) is 24.1 Å².